The Kier molecular flexibility index (Phi) is 7.97. The third kappa shape index (κ3) is 8.48. The number of aryl methyl sites for hydroxylation is 2. The Balaban J connectivity index is 1.78. The number of nitrogens with zero attached hydrogens (tertiary/aromatic N) is 2. The zero-order valence-electron chi connectivity index (χ0n) is 15.7. The van der Waals surface area contributed by atoms with Crippen LogP contribution in [0.1, 0.15) is 27.3 Å². The molecule has 2 aromatic rings. The number of amides is 2. The molecule has 0 spiro atoms. The number of carbonyl (C=O) groups is 2. The van der Waals surface area contributed by atoms with E-state index in [-0.39, 0.29) is 5.56 Å². The molecule has 0 saturated heterocycles. The number of aromatic nitrogens is 2. The standard InChI is InChI=1S/C18H19F3N4O3S/c1-11-7-12(2)23-17(22-11)29-9-13-3-5-14(6-4-13)16(27)25-24-15(26)8-28-10-18(19,20)21/h3-7H,8-10H2,1-2H3,(H,24,26)(H,25,27). The zero-order valence-corrected chi connectivity index (χ0v) is 16.5. The van der Waals surface area contributed by atoms with Gasteiger partial charge in [0.15, 0.2) is 5.16 Å². The molecule has 0 aliphatic heterocycles. The third-order valence-corrected chi connectivity index (χ3v) is 4.28. The molecule has 0 bridgehead atoms. The summed E-state index contributed by atoms with van der Waals surface area (Å²) >= 11 is 1.47. The molecule has 29 heavy (non-hydrogen) atoms. The van der Waals surface area contributed by atoms with E-state index in [0.717, 1.165) is 17.0 Å². The van der Waals surface area contributed by atoms with Gasteiger partial charge in [-0.1, -0.05) is 23.9 Å². The van der Waals surface area contributed by atoms with Crippen LogP contribution in [0.2, 0.25) is 0 Å². The summed E-state index contributed by atoms with van der Waals surface area (Å²) in [6.07, 6.45) is -4.52. The molecule has 0 fully saturated rings. The first kappa shape index (κ1) is 22.6. The van der Waals surface area contributed by atoms with E-state index in [4.69, 9.17) is 0 Å². The van der Waals surface area contributed by atoms with E-state index < -0.39 is 31.2 Å². The van der Waals surface area contributed by atoms with Crippen LogP contribution in [0.15, 0.2) is 35.5 Å². The predicted octanol–water partition coefficient (Wildman–Crippen LogP) is 2.73. The second kappa shape index (κ2) is 10.2. The summed E-state index contributed by atoms with van der Waals surface area (Å²) < 4.78 is 40.0. The summed E-state index contributed by atoms with van der Waals surface area (Å²) in [5, 5.41) is 0.666. The quantitative estimate of drug-likeness (QED) is 0.400. The van der Waals surface area contributed by atoms with E-state index in [1.54, 1.807) is 24.3 Å². The molecule has 0 aliphatic rings. The van der Waals surface area contributed by atoms with E-state index in [1.807, 2.05) is 25.3 Å². The number of carbonyl (C=O) groups excluding carboxylic acids is 2. The Morgan fingerprint density at radius 1 is 1.07 bits per heavy atom. The lowest BCUT2D eigenvalue weighted by Gasteiger charge is -2.09. The van der Waals surface area contributed by atoms with E-state index in [0.29, 0.717) is 10.9 Å². The van der Waals surface area contributed by atoms with Crippen molar-refractivity contribution < 1.29 is 27.5 Å². The highest BCUT2D eigenvalue weighted by atomic mass is 32.2. The molecule has 0 unspecified atom stereocenters. The first-order chi connectivity index (χ1) is 13.6. The van der Waals surface area contributed by atoms with Crippen LogP contribution in [0.3, 0.4) is 0 Å². The van der Waals surface area contributed by atoms with Crippen molar-refractivity contribution in [1.82, 2.24) is 20.8 Å². The van der Waals surface area contributed by atoms with Crippen molar-refractivity contribution in [1.29, 1.82) is 0 Å². The maximum Gasteiger partial charge on any atom is 0.411 e. The maximum atomic E-state index is 12.0. The normalized spacial score (nSPS) is 11.2. The number of rotatable bonds is 7. The zero-order chi connectivity index (χ0) is 21.4. The van der Waals surface area contributed by atoms with Crippen molar-refractivity contribution in [3.05, 3.63) is 52.8 Å². The molecule has 2 N–H and O–H groups in total. The highest BCUT2D eigenvalue weighted by Gasteiger charge is 2.27. The van der Waals surface area contributed by atoms with Gasteiger partial charge in [0.2, 0.25) is 0 Å². The predicted molar refractivity (Wildman–Crippen MR) is 100.0 cm³/mol. The van der Waals surface area contributed by atoms with Gasteiger partial charge in [-0.05, 0) is 37.6 Å². The number of alkyl halides is 3. The van der Waals surface area contributed by atoms with Crippen LogP contribution >= 0.6 is 11.8 Å². The molecule has 7 nitrogen and oxygen atoms in total. The average molecular weight is 428 g/mol. The van der Waals surface area contributed by atoms with Gasteiger partial charge in [0.1, 0.15) is 13.2 Å². The minimum Gasteiger partial charge on any atom is -0.362 e. The lowest BCUT2D eigenvalue weighted by atomic mass is 10.1. The highest BCUT2D eigenvalue weighted by molar-refractivity contribution is 7.98. The molecule has 2 rings (SSSR count). The minimum absolute atomic E-state index is 0.276. The molecular weight excluding hydrogens is 409 g/mol. The fourth-order valence-corrected chi connectivity index (χ4v) is 3.06. The molecule has 0 atom stereocenters. The number of hydrogen-bond donors (Lipinski definition) is 2. The Bertz CT molecular complexity index is 840. The van der Waals surface area contributed by atoms with Gasteiger partial charge in [-0.2, -0.15) is 13.2 Å². The Labute approximate surface area is 169 Å². The number of ether oxygens (including phenoxy) is 1. The molecule has 1 aromatic heterocycles. The smallest absolute Gasteiger partial charge is 0.362 e. The highest BCUT2D eigenvalue weighted by Crippen LogP contribution is 2.20. The number of halogens is 3. The first-order valence-corrected chi connectivity index (χ1v) is 9.38. The molecule has 156 valence electrons. The number of benzene rings is 1. The lowest BCUT2D eigenvalue weighted by Crippen LogP contribution is -2.43. The number of hydrogen-bond acceptors (Lipinski definition) is 6. The topological polar surface area (TPSA) is 93.2 Å². The van der Waals surface area contributed by atoms with Crippen molar-refractivity contribution in [2.24, 2.45) is 0 Å². The van der Waals surface area contributed by atoms with Crippen molar-refractivity contribution in [3.63, 3.8) is 0 Å². The summed E-state index contributed by atoms with van der Waals surface area (Å²) in [6, 6.07) is 8.52. The number of nitrogens with one attached hydrogen (secondary N) is 2. The van der Waals surface area contributed by atoms with Gasteiger partial charge in [0.25, 0.3) is 11.8 Å². The fourth-order valence-electron chi connectivity index (χ4n) is 2.15. The Morgan fingerprint density at radius 2 is 1.69 bits per heavy atom. The van der Waals surface area contributed by atoms with Gasteiger partial charge in [-0.25, -0.2) is 9.97 Å². The molecular formula is C18H19F3N4O3S. The van der Waals surface area contributed by atoms with E-state index >= 15 is 0 Å². The second-order valence-electron chi connectivity index (χ2n) is 6.03. The second-order valence-corrected chi connectivity index (χ2v) is 6.97. The molecule has 1 aromatic carbocycles. The SMILES string of the molecule is Cc1cc(C)nc(SCc2ccc(C(=O)NNC(=O)COCC(F)(F)F)cc2)n1. The van der Waals surface area contributed by atoms with Crippen LogP contribution in [0, 0.1) is 13.8 Å². The summed E-state index contributed by atoms with van der Waals surface area (Å²) in [7, 11) is 0. The van der Waals surface area contributed by atoms with Crippen molar-refractivity contribution in [3.8, 4) is 0 Å². The van der Waals surface area contributed by atoms with Gasteiger partial charge >= 0.3 is 6.18 Å². The van der Waals surface area contributed by atoms with Crippen LogP contribution in [-0.2, 0) is 15.3 Å². The number of thioether (sulfide) groups is 1. The van der Waals surface area contributed by atoms with Gasteiger partial charge in [-0.3, -0.25) is 20.4 Å². The van der Waals surface area contributed by atoms with Gasteiger partial charge in [-0.15, -0.1) is 0 Å². The first-order valence-electron chi connectivity index (χ1n) is 8.40. The van der Waals surface area contributed by atoms with Crippen LogP contribution in [0.5, 0.6) is 0 Å². The summed E-state index contributed by atoms with van der Waals surface area (Å²) in [6.45, 7) is 1.43. The van der Waals surface area contributed by atoms with E-state index in [2.05, 4.69) is 20.1 Å². The summed E-state index contributed by atoms with van der Waals surface area (Å²) in [4.78, 5) is 32.0. The van der Waals surface area contributed by atoms with E-state index in [9.17, 15) is 22.8 Å². The molecule has 0 saturated carbocycles. The average Bonchev–Trinajstić information content (AvgIpc) is 2.63. The Hall–Kier alpha value is -2.66. The molecule has 11 heteroatoms. The van der Waals surface area contributed by atoms with Crippen LogP contribution in [0.25, 0.3) is 0 Å². The largest absolute Gasteiger partial charge is 0.411 e. The van der Waals surface area contributed by atoms with E-state index in [1.165, 1.54) is 11.8 Å². The van der Waals surface area contributed by atoms with Crippen molar-refractivity contribution in [2.75, 3.05) is 13.2 Å². The van der Waals surface area contributed by atoms with Crippen molar-refractivity contribution in [2.45, 2.75) is 30.9 Å². The monoisotopic (exact) mass is 428 g/mol. The van der Waals surface area contributed by atoms with Crippen LogP contribution in [-0.4, -0.2) is 41.2 Å². The summed E-state index contributed by atoms with van der Waals surface area (Å²) in [5.74, 6) is -0.895. The van der Waals surface area contributed by atoms with Gasteiger partial charge in [0.05, 0.1) is 0 Å². The summed E-state index contributed by atoms with van der Waals surface area (Å²) in [5.41, 5.74) is 7.09. The minimum atomic E-state index is -4.52. The van der Waals surface area contributed by atoms with Crippen LogP contribution < -0.4 is 10.9 Å². The third-order valence-electron chi connectivity index (χ3n) is 3.36. The molecule has 2 amide bonds. The van der Waals surface area contributed by atoms with Crippen molar-refractivity contribution >= 4 is 23.6 Å². The van der Waals surface area contributed by atoms with Gasteiger partial charge in [0, 0.05) is 22.7 Å². The lowest BCUT2D eigenvalue weighted by molar-refractivity contribution is -0.175. The number of hydrazine groups is 1. The maximum absolute atomic E-state index is 12.0. The Morgan fingerprint density at radius 3 is 2.28 bits per heavy atom. The fraction of sp³-hybridized carbons (Fsp3) is 0.333. The van der Waals surface area contributed by atoms with Gasteiger partial charge < -0.3 is 4.74 Å². The molecule has 0 radical (unpaired) electrons. The molecule has 0 aliphatic carbocycles. The van der Waals surface area contributed by atoms with Crippen LogP contribution in [0.4, 0.5) is 13.2 Å². The molecule has 1 heterocycles.